The maximum atomic E-state index is 7.14. The van der Waals surface area contributed by atoms with Crippen molar-refractivity contribution in [3.63, 3.8) is 0 Å². The standard InChI is InChI=1S/C9H12ClN3/c1-6(4-9(11)12)8-3-2-7(10)5-13-8/h2-3,5-6H,4H2,1H3,(H3,11,12). The van der Waals surface area contributed by atoms with Crippen LogP contribution in [0.2, 0.25) is 5.02 Å². The highest BCUT2D eigenvalue weighted by Crippen LogP contribution is 2.17. The van der Waals surface area contributed by atoms with Crippen LogP contribution in [0.1, 0.15) is 25.0 Å². The molecule has 1 aromatic heterocycles. The fourth-order valence-corrected chi connectivity index (χ4v) is 1.22. The molecule has 3 nitrogen and oxygen atoms in total. The van der Waals surface area contributed by atoms with E-state index in [-0.39, 0.29) is 11.8 Å². The van der Waals surface area contributed by atoms with Gasteiger partial charge >= 0.3 is 0 Å². The van der Waals surface area contributed by atoms with E-state index in [2.05, 4.69) is 4.98 Å². The molecule has 0 aliphatic heterocycles. The third-order valence-electron chi connectivity index (χ3n) is 1.78. The van der Waals surface area contributed by atoms with Crippen molar-refractivity contribution < 1.29 is 0 Å². The summed E-state index contributed by atoms with van der Waals surface area (Å²) in [5, 5.41) is 7.76. The SMILES string of the molecule is CC(CC(=N)N)c1ccc(Cl)cn1. The minimum Gasteiger partial charge on any atom is -0.388 e. The molecule has 0 radical (unpaired) electrons. The molecule has 0 spiro atoms. The van der Waals surface area contributed by atoms with E-state index in [1.165, 1.54) is 0 Å². The van der Waals surface area contributed by atoms with Crippen molar-refractivity contribution in [1.29, 1.82) is 5.41 Å². The lowest BCUT2D eigenvalue weighted by Gasteiger charge is -2.08. The Morgan fingerprint density at radius 3 is 2.85 bits per heavy atom. The van der Waals surface area contributed by atoms with Crippen molar-refractivity contribution in [2.24, 2.45) is 5.73 Å². The van der Waals surface area contributed by atoms with Gasteiger partial charge < -0.3 is 5.73 Å². The monoisotopic (exact) mass is 197 g/mol. The maximum Gasteiger partial charge on any atom is 0.0911 e. The fraction of sp³-hybridized carbons (Fsp3) is 0.333. The summed E-state index contributed by atoms with van der Waals surface area (Å²) in [5.41, 5.74) is 6.21. The number of aromatic nitrogens is 1. The van der Waals surface area contributed by atoms with Crippen molar-refractivity contribution in [2.45, 2.75) is 19.3 Å². The van der Waals surface area contributed by atoms with Crippen LogP contribution in [0.3, 0.4) is 0 Å². The Balaban J connectivity index is 2.71. The summed E-state index contributed by atoms with van der Waals surface area (Å²) in [6.45, 7) is 1.98. The van der Waals surface area contributed by atoms with Crippen LogP contribution in [0.5, 0.6) is 0 Å². The van der Waals surface area contributed by atoms with Gasteiger partial charge in [-0.15, -0.1) is 0 Å². The van der Waals surface area contributed by atoms with Gasteiger partial charge in [0.1, 0.15) is 0 Å². The molecule has 70 valence electrons. The van der Waals surface area contributed by atoms with Crippen molar-refractivity contribution >= 4 is 17.4 Å². The van der Waals surface area contributed by atoms with E-state index in [0.29, 0.717) is 11.4 Å². The average Bonchev–Trinajstić information content (AvgIpc) is 2.04. The first-order valence-corrected chi connectivity index (χ1v) is 4.41. The number of nitrogens with one attached hydrogen (secondary N) is 1. The second-order valence-electron chi connectivity index (χ2n) is 3.03. The van der Waals surface area contributed by atoms with Gasteiger partial charge in [0.25, 0.3) is 0 Å². The van der Waals surface area contributed by atoms with Gasteiger partial charge in [-0.05, 0) is 12.1 Å². The molecule has 1 unspecified atom stereocenters. The number of pyridine rings is 1. The molecule has 0 amide bonds. The van der Waals surface area contributed by atoms with Crippen LogP contribution in [0.25, 0.3) is 0 Å². The molecule has 1 heterocycles. The summed E-state index contributed by atoms with van der Waals surface area (Å²) >= 11 is 5.69. The third kappa shape index (κ3) is 3.03. The molecule has 0 saturated heterocycles. The van der Waals surface area contributed by atoms with E-state index in [1.54, 1.807) is 12.3 Å². The van der Waals surface area contributed by atoms with E-state index in [0.717, 1.165) is 5.69 Å². The summed E-state index contributed by atoms with van der Waals surface area (Å²) in [6.07, 6.45) is 2.14. The second-order valence-corrected chi connectivity index (χ2v) is 3.47. The summed E-state index contributed by atoms with van der Waals surface area (Å²) in [5.74, 6) is 0.360. The number of hydrogen-bond donors (Lipinski definition) is 2. The maximum absolute atomic E-state index is 7.14. The summed E-state index contributed by atoms with van der Waals surface area (Å²) in [6, 6.07) is 3.65. The number of rotatable bonds is 3. The zero-order chi connectivity index (χ0) is 9.84. The zero-order valence-electron chi connectivity index (χ0n) is 7.42. The van der Waals surface area contributed by atoms with Gasteiger partial charge in [0.15, 0.2) is 0 Å². The van der Waals surface area contributed by atoms with Crippen molar-refractivity contribution in [3.8, 4) is 0 Å². The molecule has 13 heavy (non-hydrogen) atoms. The van der Waals surface area contributed by atoms with Gasteiger partial charge in [-0.2, -0.15) is 0 Å². The molecule has 0 fully saturated rings. The molecule has 0 saturated carbocycles. The molecule has 1 atom stereocenters. The average molecular weight is 198 g/mol. The van der Waals surface area contributed by atoms with Gasteiger partial charge in [0.05, 0.1) is 10.9 Å². The second kappa shape index (κ2) is 4.23. The number of nitrogens with two attached hydrogens (primary N) is 1. The highest BCUT2D eigenvalue weighted by Gasteiger charge is 2.07. The molecule has 4 heteroatoms. The first kappa shape index (κ1) is 9.99. The number of halogens is 1. The van der Waals surface area contributed by atoms with Crippen LogP contribution >= 0.6 is 11.6 Å². The highest BCUT2D eigenvalue weighted by molar-refractivity contribution is 6.30. The van der Waals surface area contributed by atoms with E-state index in [4.69, 9.17) is 22.7 Å². The van der Waals surface area contributed by atoms with Crippen molar-refractivity contribution in [1.82, 2.24) is 4.98 Å². The Morgan fingerprint density at radius 2 is 2.38 bits per heavy atom. The largest absolute Gasteiger partial charge is 0.388 e. The smallest absolute Gasteiger partial charge is 0.0911 e. The lowest BCUT2D eigenvalue weighted by Crippen LogP contribution is -2.13. The quantitative estimate of drug-likeness (QED) is 0.576. The van der Waals surface area contributed by atoms with Crippen LogP contribution in [-0.2, 0) is 0 Å². The molecule has 1 rings (SSSR count). The van der Waals surface area contributed by atoms with Gasteiger partial charge in [0.2, 0.25) is 0 Å². The normalized spacial score (nSPS) is 12.5. The summed E-state index contributed by atoms with van der Waals surface area (Å²) in [4.78, 5) is 4.15. The van der Waals surface area contributed by atoms with Crippen LogP contribution < -0.4 is 5.73 Å². The molecule has 0 bridgehead atoms. The van der Waals surface area contributed by atoms with E-state index in [1.807, 2.05) is 13.0 Å². The molecule has 3 N–H and O–H groups in total. The fourth-order valence-electron chi connectivity index (χ4n) is 1.11. The highest BCUT2D eigenvalue weighted by atomic mass is 35.5. The number of nitrogens with zero attached hydrogens (tertiary/aromatic N) is 1. The van der Waals surface area contributed by atoms with Crippen molar-refractivity contribution in [3.05, 3.63) is 29.0 Å². The van der Waals surface area contributed by atoms with Crippen LogP contribution in [0.15, 0.2) is 18.3 Å². The predicted molar refractivity (Wildman–Crippen MR) is 54.2 cm³/mol. The number of hydrogen-bond acceptors (Lipinski definition) is 2. The molecule has 0 aliphatic rings. The first-order valence-electron chi connectivity index (χ1n) is 4.04. The van der Waals surface area contributed by atoms with Gasteiger partial charge in [-0.1, -0.05) is 18.5 Å². The Morgan fingerprint density at radius 1 is 1.69 bits per heavy atom. The lowest BCUT2D eigenvalue weighted by atomic mass is 10.0. The van der Waals surface area contributed by atoms with Gasteiger partial charge in [-0.3, -0.25) is 10.4 Å². The molecular weight excluding hydrogens is 186 g/mol. The Labute approximate surface area is 82.4 Å². The topological polar surface area (TPSA) is 62.8 Å². The van der Waals surface area contributed by atoms with Gasteiger partial charge in [0, 0.05) is 24.2 Å². The van der Waals surface area contributed by atoms with Gasteiger partial charge in [-0.25, -0.2) is 0 Å². The van der Waals surface area contributed by atoms with Crippen molar-refractivity contribution in [2.75, 3.05) is 0 Å². The molecular formula is C9H12ClN3. The Hall–Kier alpha value is -1.09. The van der Waals surface area contributed by atoms with Crippen LogP contribution in [0.4, 0.5) is 0 Å². The minimum atomic E-state index is 0.176. The molecule has 0 aromatic carbocycles. The minimum absolute atomic E-state index is 0.176. The Bertz CT molecular complexity index is 294. The Kier molecular flexibility index (Phi) is 3.25. The van der Waals surface area contributed by atoms with Crippen LogP contribution in [-0.4, -0.2) is 10.8 Å². The predicted octanol–water partition coefficient (Wildman–Crippen LogP) is 2.16. The van der Waals surface area contributed by atoms with E-state index < -0.39 is 0 Å². The first-order chi connectivity index (χ1) is 6.09. The van der Waals surface area contributed by atoms with E-state index >= 15 is 0 Å². The van der Waals surface area contributed by atoms with E-state index in [9.17, 15) is 0 Å². The lowest BCUT2D eigenvalue weighted by molar-refractivity contribution is 0.764. The van der Waals surface area contributed by atoms with Crippen LogP contribution in [0, 0.1) is 5.41 Å². The summed E-state index contributed by atoms with van der Waals surface area (Å²) < 4.78 is 0. The molecule has 1 aromatic rings. The summed E-state index contributed by atoms with van der Waals surface area (Å²) in [7, 11) is 0. The third-order valence-corrected chi connectivity index (χ3v) is 2.00. The molecule has 0 aliphatic carbocycles. The number of amidine groups is 1. The zero-order valence-corrected chi connectivity index (χ0v) is 8.17.